The van der Waals surface area contributed by atoms with Gasteiger partial charge in [0.15, 0.2) is 5.78 Å². The van der Waals surface area contributed by atoms with E-state index in [9.17, 15) is 4.79 Å². The van der Waals surface area contributed by atoms with Crippen molar-refractivity contribution in [2.45, 2.75) is 108 Å². The second kappa shape index (κ2) is 7.70. The van der Waals surface area contributed by atoms with E-state index in [1.807, 2.05) is 0 Å². The van der Waals surface area contributed by atoms with E-state index in [0.717, 1.165) is 63.2 Å². The van der Waals surface area contributed by atoms with Gasteiger partial charge in [0.2, 0.25) is 0 Å². The standard InChI is InChI=1S/C22H36Cl2O/c1-3-5-7-17-9-13-20(14-10-17)19(25)21(22(20,23)24)15-11-18(12-16-21)8-6-4-2/h17-18H,3-16H2,1-2H3. The molecule has 0 aromatic carbocycles. The Balaban J connectivity index is 1.62. The first kappa shape index (κ1) is 20.0. The van der Waals surface area contributed by atoms with Crippen LogP contribution in [0.5, 0.6) is 0 Å². The molecule has 2 spiro atoms. The molecular weight excluding hydrogens is 351 g/mol. The van der Waals surface area contributed by atoms with Crippen molar-refractivity contribution >= 4 is 29.0 Å². The lowest BCUT2D eigenvalue weighted by atomic mass is 9.42. The molecule has 25 heavy (non-hydrogen) atoms. The zero-order valence-electron chi connectivity index (χ0n) is 16.2. The summed E-state index contributed by atoms with van der Waals surface area (Å²) >= 11 is 14.0. The minimum absolute atomic E-state index is 0.422. The van der Waals surface area contributed by atoms with Gasteiger partial charge < -0.3 is 0 Å². The van der Waals surface area contributed by atoms with Gasteiger partial charge >= 0.3 is 0 Å². The number of hydrogen-bond donors (Lipinski definition) is 0. The van der Waals surface area contributed by atoms with Gasteiger partial charge in [-0.2, -0.15) is 0 Å². The number of alkyl halides is 2. The highest BCUT2D eigenvalue weighted by Crippen LogP contribution is 2.74. The molecule has 3 aliphatic carbocycles. The Morgan fingerprint density at radius 3 is 1.44 bits per heavy atom. The summed E-state index contributed by atoms with van der Waals surface area (Å²) < 4.78 is -0.817. The largest absolute Gasteiger partial charge is 0.298 e. The molecule has 144 valence electrons. The highest BCUT2D eigenvalue weighted by molar-refractivity contribution is 6.55. The lowest BCUT2D eigenvalue weighted by molar-refractivity contribution is -0.172. The van der Waals surface area contributed by atoms with E-state index < -0.39 is 15.2 Å². The van der Waals surface area contributed by atoms with Gasteiger partial charge in [0.1, 0.15) is 4.33 Å². The van der Waals surface area contributed by atoms with Crippen molar-refractivity contribution < 1.29 is 4.79 Å². The molecular formula is C22H36Cl2O. The van der Waals surface area contributed by atoms with Crippen molar-refractivity contribution in [1.82, 2.24) is 0 Å². The van der Waals surface area contributed by atoms with Gasteiger partial charge in [0.05, 0.1) is 10.8 Å². The first-order valence-electron chi connectivity index (χ1n) is 10.9. The molecule has 0 heterocycles. The van der Waals surface area contributed by atoms with Gasteiger partial charge in [-0.1, -0.05) is 75.6 Å². The molecule has 0 aromatic heterocycles. The van der Waals surface area contributed by atoms with E-state index in [1.54, 1.807) is 0 Å². The first-order chi connectivity index (χ1) is 11.9. The number of carbonyl (C=O) groups excluding carboxylic acids is 1. The minimum Gasteiger partial charge on any atom is -0.298 e. The Morgan fingerprint density at radius 1 is 0.800 bits per heavy atom. The van der Waals surface area contributed by atoms with Crippen LogP contribution in [0.3, 0.4) is 0 Å². The van der Waals surface area contributed by atoms with Crippen LogP contribution in [0.1, 0.15) is 104 Å². The molecule has 0 amide bonds. The van der Waals surface area contributed by atoms with Crippen LogP contribution in [-0.4, -0.2) is 10.1 Å². The van der Waals surface area contributed by atoms with Crippen LogP contribution >= 0.6 is 23.2 Å². The van der Waals surface area contributed by atoms with Gasteiger partial charge in [0, 0.05) is 0 Å². The molecule has 0 radical (unpaired) electrons. The number of rotatable bonds is 6. The predicted octanol–water partition coefficient (Wildman–Crippen LogP) is 7.48. The second-order valence-corrected chi connectivity index (χ2v) is 10.6. The number of halogens is 2. The van der Waals surface area contributed by atoms with Crippen LogP contribution in [-0.2, 0) is 4.79 Å². The number of Topliss-reactive ketones (excluding diaryl/α,β-unsaturated/α-hetero) is 1. The summed E-state index contributed by atoms with van der Waals surface area (Å²) in [5.74, 6) is 2.00. The maximum Gasteiger partial charge on any atom is 0.151 e. The Kier molecular flexibility index (Phi) is 6.16. The third kappa shape index (κ3) is 3.10. The quantitative estimate of drug-likeness (QED) is 0.432. The SMILES string of the molecule is CCCCC1CCC2(CC1)C(=O)C1(CCC(CCCC)CC1)C2(Cl)Cl. The molecule has 0 bridgehead atoms. The molecule has 0 saturated heterocycles. The van der Waals surface area contributed by atoms with Crippen LogP contribution < -0.4 is 0 Å². The predicted molar refractivity (Wildman–Crippen MR) is 107 cm³/mol. The second-order valence-electron chi connectivity index (χ2n) is 9.24. The van der Waals surface area contributed by atoms with Crippen LogP contribution in [0.2, 0.25) is 0 Å². The molecule has 0 aliphatic heterocycles. The summed E-state index contributed by atoms with van der Waals surface area (Å²) in [6.45, 7) is 4.51. The average molecular weight is 387 g/mol. The van der Waals surface area contributed by atoms with E-state index in [2.05, 4.69) is 13.8 Å². The van der Waals surface area contributed by atoms with E-state index in [-0.39, 0.29) is 0 Å². The van der Waals surface area contributed by atoms with E-state index in [4.69, 9.17) is 23.2 Å². The minimum atomic E-state index is -0.817. The van der Waals surface area contributed by atoms with Gasteiger partial charge in [-0.3, -0.25) is 4.79 Å². The number of hydrogen-bond acceptors (Lipinski definition) is 1. The average Bonchev–Trinajstić information content (AvgIpc) is 2.64. The normalized spacial score (nSPS) is 40.4. The zero-order valence-corrected chi connectivity index (χ0v) is 17.7. The van der Waals surface area contributed by atoms with Crippen molar-refractivity contribution in [3.8, 4) is 0 Å². The van der Waals surface area contributed by atoms with E-state index in [1.165, 1.54) is 38.5 Å². The Labute approximate surface area is 164 Å². The van der Waals surface area contributed by atoms with Crippen molar-refractivity contribution in [2.75, 3.05) is 0 Å². The van der Waals surface area contributed by atoms with Crippen LogP contribution in [0.25, 0.3) is 0 Å². The Morgan fingerprint density at radius 2 is 1.16 bits per heavy atom. The van der Waals surface area contributed by atoms with E-state index >= 15 is 0 Å². The maximum atomic E-state index is 13.4. The van der Waals surface area contributed by atoms with Crippen LogP contribution in [0.15, 0.2) is 0 Å². The lowest BCUT2D eigenvalue weighted by Gasteiger charge is -2.67. The number of unbranched alkanes of at least 4 members (excludes halogenated alkanes) is 2. The molecule has 0 atom stereocenters. The van der Waals surface area contributed by atoms with Gasteiger partial charge in [-0.05, 0) is 63.2 Å². The summed E-state index contributed by atoms with van der Waals surface area (Å²) in [6, 6.07) is 0. The molecule has 0 N–H and O–H groups in total. The molecule has 0 aromatic rings. The van der Waals surface area contributed by atoms with Crippen molar-refractivity contribution in [1.29, 1.82) is 0 Å². The summed E-state index contributed by atoms with van der Waals surface area (Å²) in [5.41, 5.74) is -0.843. The summed E-state index contributed by atoms with van der Waals surface area (Å²) in [5, 5.41) is 0. The molecule has 3 rings (SSSR count). The van der Waals surface area contributed by atoms with E-state index in [0.29, 0.717) is 5.78 Å². The highest BCUT2D eigenvalue weighted by Gasteiger charge is 2.78. The van der Waals surface area contributed by atoms with Crippen LogP contribution in [0, 0.1) is 22.7 Å². The summed E-state index contributed by atoms with van der Waals surface area (Å²) in [4.78, 5) is 13.4. The third-order valence-corrected chi connectivity index (χ3v) is 9.37. The lowest BCUT2D eigenvalue weighted by Crippen LogP contribution is -2.74. The summed E-state index contributed by atoms with van der Waals surface area (Å²) in [6.07, 6.45) is 16.0. The molecule has 3 heteroatoms. The molecule has 3 aliphatic rings. The highest BCUT2D eigenvalue weighted by atomic mass is 35.5. The number of carbonyl (C=O) groups is 1. The zero-order chi connectivity index (χ0) is 18.1. The number of ketones is 1. The monoisotopic (exact) mass is 386 g/mol. The fourth-order valence-electron chi connectivity index (χ4n) is 6.12. The van der Waals surface area contributed by atoms with Crippen molar-refractivity contribution in [3.05, 3.63) is 0 Å². The molecule has 1 nitrogen and oxygen atoms in total. The van der Waals surface area contributed by atoms with Gasteiger partial charge in [-0.15, -0.1) is 0 Å². The first-order valence-corrected chi connectivity index (χ1v) is 11.6. The fraction of sp³-hybridized carbons (Fsp3) is 0.955. The maximum absolute atomic E-state index is 13.4. The van der Waals surface area contributed by atoms with Crippen LogP contribution in [0.4, 0.5) is 0 Å². The summed E-state index contributed by atoms with van der Waals surface area (Å²) in [7, 11) is 0. The molecule has 0 unspecified atom stereocenters. The topological polar surface area (TPSA) is 17.1 Å². The smallest absolute Gasteiger partial charge is 0.151 e. The van der Waals surface area contributed by atoms with Gasteiger partial charge in [0.25, 0.3) is 0 Å². The Bertz CT molecular complexity index is 428. The van der Waals surface area contributed by atoms with Crippen molar-refractivity contribution in [2.24, 2.45) is 22.7 Å². The van der Waals surface area contributed by atoms with Gasteiger partial charge in [-0.25, -0.2) is 0 Å². The Hall–Kier alpha value is 0.250. The molecule has 3 saturated carbocycles. The van der Waals surface area contributed by atoms with Crippen molar-refractivity contribution in [3.63, 3.8) is 0 Å². The molecule has 3 fully saturated rings. The fourth-order valence-corrected chi connectivity index (χ4v) is 7.22. The third-order valence-electron chi connectivity index (χ3n) is 7.92.